The highest BCUT2D eigenvalue weighted by molar-refractivity contribution is 6.51. The molecule has 4 amide bonds. The van der Waals surface area contributed by atoms with E-state index in [0.29, 0.717) is 6.42 Å². The fraction of sp³-hybridized carbons (Fsp3) is 0.767. The van der Waals surface area contributed by atoms with Crippen LogP contribution in [-0.2, 0) is 23.9 Å². The van der Waals surface area contributed by atoms with E-state index < -0.39 is 52.1 Å². The minimum Gasteiger partial charge on any atom is -0.446 e. The molecule has 12 heteroatoms. The van der Waals surface area contributed by atoms with Crippen LogP contribution in [0.15, 0.2) is 12.7 Å². The first-order chi connectivity index (χ1) is 20.0. The summed E-state index contributed by atoms with van der Waals surface area (Å²) in [6.45, 7) is 7.69. The van der Waals surface area contributed by atoms with E-state index in [2.05, 4.69) is 29.5 Å². The second-order valence-corrected chi connectivity index (χ2v) is 13.8. The zero-order valence-electron chi connectivity index (χ0n) is 24.5. The summed E-state index contributed by atoms with van der Waals surface area (Å²) in [5.41, 5.74) is 0. The Balaban J connectivity index is 1.52. The summed E-state index contributed by atoms with van der Waals surface area (Å²) < 4.78 is 4.54. The number of piperidine rings is 1. The zero-order valence-corrected chi connectivity index (χ0v) is 26.1. The molecule has 0 radical (unpaired) electrons. The number of ether oxygens (including phenoxy) is 1. The fourth-order valence-electron chi connectivity index (χ4n) is 6.97. The lowest BCUT2D eigenvalue weighted by molar-refractivity contribution is -0.144. The van der Waals surface area contributed by atoms with Crippen LogP contribution in [0.25, 0.3) is 0 Å². The SMILES string of the molecule is C=CCNC(=O)C(=O)C(CCC)NC(=O)[C@@H]1C2[C@H](CN1C(=O)[C@@H](NC(=O)OC1CCCC1C)C1CCCCC1)C2(Cl)Cl. The average Bonchev–Trinajstić information content (AvgIpc) is 3.30. The average molecular weight is 628 g/mol. The molecule has 3 saturated carbocycles. The Morgan fingerprint density at radius 2 is 1.76 bits per heavy atom. The molecule has 1 saturated heterocycles. The summed E-state index contributed by atoms with van der Waals surface area (Å²) in [6, 6.07) is -2.97. The number of halogens is 2. The van der Waals surface area contributed by atoms with Gasteiger partial charge in [-0.25, -0.2) is 4.79 Å². The van der Waals surface area contributed by atoms with E-state index in [-0.39, 0.29) is 49.3 Å². The Morgan fingerprint density at radius 3 is 2.38 bits per heavy atom. The Labute approximate surface area is 258 Å². The monoisotopic (exact) mass is 626 g/mol. The summed E-state index contributed by atoms with van der Waals surface area (Å²) in [5, 5.41) is 8.03. The van der Waals surface area contributed by atoms with Crippen LogP contribution in [0.2, 0.25) is 0 Å². The van der Waals surface area contributed by atoms with Crippen molar-refractivity contribution in [2.45, 2.75) is 107 Å². The van der Waals surface area contributed by atoms with Crippen LogP contribution >= 0.6 is 23.2 Å². The van der Waals surface area contributed by atoms with Gasteiger partial charge < -0.3 is 25.6 Å². The Hall–Kier alpha value is -2.33. The molecule has 0 spiro atoms. The van der Waals surface area contributed by atoms with Crippen molar-refractivity contribution >= 4 is 52.8 Å². The maximum atomic E-state index is 14.2. The molecule has 4 unspecified atom stereocenters. The number of amides is 4. The Morgan fingerprint density at radius 1 is 1.05 bits per heavy atom. The van der Waals surface area contributed by atoms with Gasteiger partial charge in [-0.05, 0) is 50.4 Å². The van der Waals surface area contributed by atoms with E-state index in [4.69, 9.17) is 27.9 Å². The predicted molar refractivity (Wildman–Crippen MR) is 159 cm³/mol. The van der Waals surface area contributed by atoms with Crippen molar-refractivity contribution in [1.82, 2.24) is 20.9 Å². The minimum atomic E-state index is -1.18. The molecule has 42 heavy (non-hydrogen) atoms. The van der Waals surface area contributed by atoms with E-state index in [9.17, 15) is 24.0 Å². The summed E-state index contributed by atoms with van der Waals surface area (Å²) in [4.78, 5) is 67.7. The number of fused-ring (bicyclic) bond motifs is 1. The van der Waals surface area contributed by atoms with Crippen molar-refractivity contribution in [2.24, 2.45) is 23.7 Å². The predicted octanol–water partition coefficient (Wildman–Crippen LogP) is 3.64. The van der Waals surface area contributed by atoms with Gasteiger partial charge in [0, 0.05) is 24.9 Å². The zero-order chi connectivity index (χ0) is 30.6. The summed E-state index contributed by atoms with van der Waals surface area (Å²) in [7, 11) is 0. The number of nitrogens with zero attached hydrogens (tertiary/aromatic N) is 1. The van der Waals surface area contributed by atoms with Gasteiger partial charge in [-0.15, -0.1) is 29.8 Å². The van der Waals surface area contributed by atoms with Crippen LogP contribution in [0.1, 0.15) is 78.1 Å². The van der Waals surface area contributed by atoms with Gasteiger partial charge in [0.1, 0.15) is 22.5 Å². The van der Waals surface area contributed by atoms with Gasteiger partial charge in [0.2, 0.25) is 17.6 Å². The van der Waals surface area contributed by atoms with Crippen molar-refractivity contribution in [3.8, 4) is 0 Å². The quantitative estimate of drug-likeness (QED) is 0.172. The smallest absolute Gasteiger partial charge is 0.408 e. The first-order valence-electron chi connectivity index (χ1n) is 15.4. The maximum absolute atomic E-state index is 14.2. The van der Waals surface area contributed by atoms with Crippen LogP contribution in [0.3, 0.4) is 0 Å². The lowest BCUT2D eigenvalue weighted by Crippen LogP contribution is -2.60. The number of hydrogen-bond acceptors (Lipinski definition) is 6. The molecule has 0 aromatic rings. The largest absolute Gasteiger partial charge is 0.446 e. The van der Waals surface area contributed by atoms with E-state index in [1.165, 1.54) is 11.0 Å². The van der Waals surface area contributed by atoms with E-state index >= 15 is 0 Å². The number of hydrogen-bond donors (Lipinski definition) is 3. The molecule has 0 aromatic heterocycles. The number of nitrogens with one attached hydrogen (secondary N) is 3. The normalized spacial score (nSPS) is 29.5. The number of ketones is 1. The van der Waals surface area contributed by atoms with Crippen molar-refractivity contribution in [3.63, 3.8) is 0 Å². The third-order valence-corrected chi connectivity index (χ3v) is 10.5. The number of alkyl carbamates (subject to hydrolysis) is 1. The molecule has 7 atom stereocenters. The summed E-state index contributed by atoms with van der Waals surface area (Å²) >= 11 is 13.0. The van der Waals surface area contributed by atoms with Crippen molar-refractivity contribution < 1.29 is 28.7 Å². The molecule has 1 heterocycles. The molecule has 4 rings (SSSR count). The van der Waals surface area contributed by atoms with Gasteiger partial charge in [-0.3, -0.25) is 19.2 Å². The highest BCUT2D eigenvalue weighted by atomic mass is 35.5. The van der Waals surface area contributed by atoms with Crippen LogP contribution in [0.4, 0.5) is 4.79 Å². The second kappa shape index (κ2) is 14.0. The van der Waals surface area contributed by atoms with E-state index in [1.807, 2.05) is 6.92 Å². The standard InChI is InChI=1S/C30H44Cl2N4O6/c1-4-10-20(25(37)27(39)33-15-5-2)34-26(38)24-22-19(30(22,31)32)16-36(24)28(40)23(18-12-7-6-8-13-18)35-29(41)42-21-14-9-11-17(21)3/h5,17-24H,2,4,6-16H2,1,3H3,(H,33,39)(H,34,38)(H,35,41)/t17?,19-,20?,21?,22?,23-,24-/m0/s1. The minimum absolute atomic E-state index is 0.0971. The number of likely N-dealkylation sites (tertiary alicyclic amines) is 1. The molecule has 4 fully saturated rings. The van der Waals surface area contributed by atoms with E-state index in [0.717, 1.165) is 51.4 Å². The third kappa shape index (κ3) is 7.07. The molecular weight excluding hydrogens is 583 g/mol. The Kier molecular flexibility index (Phi) is 10.8. The van der Waals surface area contributed by atoms with Gasteiger partial charge in [0.25, 0.3) is 5.91 Å². The Bertz CT molecular complexity index is 1060. The van der Waals surface area contributed by atoms with Gasteiger partial charge in [0.15, 0.2) is 0 Å². The van der Waals surface area contributed by atoms with Crippen LogP contribution in [0, 0.1) is 23.7 Å². The summed E-state index contributed by atoms with van der Waals surface area (Å²) in [5.74, 6) is -3.26. The molecule has 0 aromatic carbocycles. The molecule has 3 aliphatic carbocycles. The number of carbonyl (C=O) groups excluding carboxylic acids is 5. The molecule has 1 aliphatic heterocycles. The van der Waals surface area contributed by atoms with Crippen LogP contribution < -0.4 is 16.0 Å². The van der Waals surface area contributed by atoms with E-state index in [1.54, 1.807) is 0 Å². The van der Waals surface area contributed by atoms with Crippen molar-refractivity contribution in [3.05, 3.63) is 12.7 Å². The number of alkyl halides is 2. The first-order valence-corrected chi connectivity index (χ1v) is 16.2. The molecule has 3 N–H and O–H groups in total. The fourth-order valence-corrected chi connectivity index (χ4v) is 7.80. The summed E-state index contributed by atoms with van der Waals surface area (Å²) in [6.07, 6.45) is 8.71. The highest BCUT2D eigenvalue weighted by Gasteiger charge is 2.74. The maximum Gasteiger partial charge on any atom is 0.408 e. The molecule has 4 aliphatic rings. The van der Waals surface area contributed by atoms with Crippen LogP contribution in [0.5, 0.6) is 0 Å². The molecular formula is C30H44Cl2N4O6. The van der Waals surface area contributed by atoms with Crippen LogP contribution in [-0.4, -0.2) is 76.2 Å². The van der Waals surface area contributed by atoms with Crippen molar-refractivity contribution in [2.75, 3.05) is 13.1 Å². The van der Waals surface area contributed by atoms with Crippen molar-refractivity contribution in [1.29, 1.82) is 0 Å². The first kappa shape index (κ1) is 32.6. The lowest BCUT2D eigenvalue weighted by atomic mass is 9.83. The highest BCUT2D eigenvalue weighted by Crippen LogP contribution is 2.65. The number of rotatable bonds is 12. The van der Waals surface area contributed by atoms with Gasteiger partial charge in [0.05, 0.1) is 6.04 Å². The van der Waals surface area contributed by atoms with Gasteiger partial charge in [-0.2, -0.15) is 0 Å². The van der Waals surface area contributed by atoms with Gasteiger partial charge in [-0.1, -0.05) is 45.6 Å². The number of carbonyl (C=O) groups is 5. The second-order valence-electron chi connectivity index (χ2n) is 12.3. The lowest BCUT2D eigenvalue weighted by Gasteiger charge is -2.36. The number of Topliss-reactive ketones (excluding diaryl/α,β-unsaturated/α-hetero) is 1. The third-order valence-electron chi connectivity index (χ3n) is 9.43. The molecule has 0 bridgehead atoms. The topological polar surface area (TPSA) is 134 Å². The molecule has 10 nitrogen and oxygen atoms in total. The van der Waals surface area contributed by atoms with Gasteiger partial charge >= 0.3 is 6.09 Å². The molecule has 234 valence electrons.